The van der Waals surface area contributed by atoms with Gasteiger partial charge in [-0.2, -0.15) is 0 Å². The van der Waals surface area contributed by atoms with Crippen LogP contribution in [0.2, 0.25) is 0 Å². The molecule has 0 spiro atoms. The number of benzene rings is 2. The molecule has 1 aliphatic rings. The Balaban J connectivity index is 1.65. The van der Waals surface area contributed by atoms with Crippen molar-refractivity contribution in [1.29, 1.82) is 0 Å². The first-order valence-corrected chi connectivity index (χ1v) is 10.4. The van der Waals surface area contributed by atoms with Gasteiger partial charge in [-0.25, -0.2) is 8.42 Å². The van der Waals surface area contributed by atoms with E-state index in [9.17, 15) is 18.0 Å². The molecule has 2 aromatic rings. The lowest BCUT2D eigenvalue weighted by molar-refractivity contribution is -0.138. The highest BCUT2D eigenvalue weighted by Crippen LogP contribution is 2.24. The molecule has 27 heavy (non-hydrogen) atoms. The van der Waals surface area contributed by atoms with Crippen molar-refractivity contribution in [2.45, 2.75) is 13.3 Å². The van der Waals surface area contributed by atoms with Crippen LogP contribution in [0.25, 0.3) is 0 Å². The van der Waals surface area contributed by atoms with Crippen LogP contribution in [0.3, 0.4) is 0 Å². The molecular weight excluding hydrogens is 366 g/mol. The Bertz CT molecular complexity index is 949. The van der Waals surface area contributed by atoms with Gasteiger partial charge >= 0.3 is 5.97 Å². The number of carbonyl (C=O) groups is 2. The topological polar surface area (TPSA) is 80.8 Å². The predicted octanol–water partition coefficient (Wildman–Crippen LogP) is 2.61. The van der Waals surface area contributed by atoms with Crippen LogP contribution in [-0.2, 0) is 14.6 Å². The second-order valence-corrected chi connectivity index (χ2v) is 8.97. The summed E-state index contributed by atoms with van der Waals surface area (Å²) in [6.07, 6.45) is 0.299. The molecular formula is C20H21NO5S. The minimum absolute atomic E-state index is 0.0254. The average Bonchev–Trinajstić information content (AvgIpc) is 3.02. The smallest absolute Gasteiger partial charge is 0.315 e. The highest BCUT2D eigenvalue weighted by Gasteiger charge is 2.34. The molecule has 1 atom stereocenters. The average molecular weight is 387 g/mol. The van der Waals surface area contributed by atoms with Crippen LogP contribution in [0.1, 0.15) is 22.3 Å². The summed E-state index contributed by atoms with van der Waals surface area (Å²) in [5, 5.41) is 0. The van der Waals surface area contributed by atoms with E-state index < -0.39 is 21.7 Å². The van der Waals surface area contributed by atoms with Crippen LogP contribution in [0, 0.1) is 12.8 Å². The molecule has 0 aromatic heterocycles. The second-order valence-electron chi connectivity index (χ2n) is 6.75. The normalized spacial score (nSPS) is 18.1. The number of amides is 1. The molecule has 2 aromatic carbocycles. The first-order valence-electron chi connectivity index (χ1n) is 8.62. The van der Waals surface area contributed by atoms with E-state index >= 15 is 0 Å². The van der Waals surface area contributed by atoms with E-state index in [1.165, 1.54) is 4.90 Å². The summed E-state index contributed by atoms with van der Waals surface area (Å²) in [5.74, 6) is -1.09. The zero-order chi connectivity index (χ0) is 19.6. The van der Waals surface area contributed by atoms with Crippen molar-refractivity contribution in [2.24, 2.45) is 5.92 Å². The van der Waals surface area contributed by atoms with E-state index in [4.69, 9.17) is 4.74 Å². The van der Waals surface area contributed by atoms with Crippen molar-refractivity contribution in [3.05, 3.63) is 59.7 Å². The molecule has 6 nitrogen and oxygen atoms in total. The van der Waals surface area contributed by atoms with Gasteiger partial charge in [-0.1, -0.05) is 17.7 Å². The van der Waals surface area contributed by atoms with Crippen molar-refractivity contribution in [1.82, 2.24) is 0 Å². The summed E-state index contributed by atoms with van der Waals surface area (Å²) in [7, 11) is -1.46. The minimum Gasteiger partial charge on any atom is -0.426 e. The number of anilines is 1. The summed E-state index contributed by atoms with van der Waals surface area (Å²) in [5.41, 5.74) is 2.32. The molecule has 1 aliphatic heterocycles. The van der Waals surface area contributed by atoms with E-state index in [1.54, 1.807) is 43.4 Å². The minimum atomic E-state index is -3.13. The summed E-state index contributed by atoms with van der Waals surface area (Å²) >= 11 is 0. The summed E-state index contributed by atoms with van der Waals surface area (Å²) in [6, 6.07) is 13.9. The van der Waals surface area contributed by atoms with Gasteiger partial charge < -0.3 is 9.64 Å². The first-order chi connectivity index (χ1) is 12.7. The van der Waals surface area contributed by atoms with Crippen LogP contribution >= 0.6 is 0 Å². The van der Waals surface area contributed by atoms with Crippen LogP contribution in [-0.4, -0.2) is 38.8 Å². The quantitative estimate of drug-likeness (QED) is 0.595. The number of carbonyl (C=O) groups excluding carboxylic acids is 2. The lowest BCUT2D eigenvalue weighted by Crippen LogP contribution is -2.26. The molecule has 1 amide bonds. The van der Waals surface area contributed by atoms with Gasteiger partial charge in [-0.15, -0.1) is 0 Å². The monoisotopic (exact) mass is 387 g/mol. The zero-order valence-electron chi connectivity index (χ0n) is 15.2. The number of hydrogen-bond donors (Lipinski definition) is 0. The molecule has 0 radical (unpaired) electrons. The Hall–Kier alpha value is -2.67. The molecule has 1 fully saturated rings. The zero-order valence-corrected chi connectivity index (χ0v) is 16.0. The third-order valence-corrected chi connectivity index (χ3v) is 6.38. The molecule has 7 heteroatoms. The molecule has 0 N–H and O–H groups in total. The van der Waals surface area contributed by atoms with Crippen molar-refractivity contribution >= 4 is 27.4 Å². The Morgan fingerprint density at radius 3 is 2.22 bits per heavy atom. The lowest BCUT2D eigenvalue weighted by atomic mass is 10.1. The Morgan fingerprint density at radius 1 is 1.04 bits per heavy atom. The molecule has 0 saturated carbocycles. The third kappa shape index (κ3) is 4.54. The van der Waals surface area contributed by atoms with Crippen LogP contribution in [0.5, 0.6) is 5.75 Å². The fourth-order valence-electron chi connectivity index (χ4n) is 2.93. The highest BCUT2D eigenvalue weighted by atomic mass is 32.2. The Morgan fingerprint density at radius 2 is 1.67 bits per heavy atom. The Kier molecular flexibility index (Phi) is 5.32. The lowest BCUT2D eigenvalue weighted by Gasteiger charge is -2.18. The fourth-order valence-corrected chi connectivity index (χ4v) is 4.65. The first kappa shape index (κ1) is 19.1. The van der Waals surface area contributed by atoms with Crippen LogP contribution < -0.4 is 9.64 Å². The fraction of sp³-hybridized carbons (Fsp3) is 0.300. The Labute approximate surface area is 158 Å². The van der Waals surface area contributed by atoms with Gasteiger partial charge in [0.1, 0.15) is 5.75 Å². The van der Waals surface area contributed by atoms with Crippen molar-refractivity contribution in [3.8, 4) is 5.75 Å². The molecule has 0 aliphatic carbocycles. The largest absolute Gasteiger partial charge is 0.426 e. The molecule has 1 unspecified atom stereocenters. The van der Waals surface area contributed by atoms with Gasteiger partial charge in [0, 0.05) is 18.3 Å². The second kappa shape index (κ2) is 7.52. The molecule has 1 heterocycles. The number of aryl methyl sites for hydroxylation is 1. The number of nitrogens with zero attached hydrogens (tertiary/aromatic N) is 1. The van der Waals surface area contributed by atoms with Crippen molar-refractivity contribution in [3.63, 3.8) is 0 Å². The molecule has 0 bridgehead atoms. The van der Waals surface area contributed by atoms with Crippen LogP contribution in [0.15, 0.2) is 48.5 Å². The molecule has 142 valence electrons. The van der Waals surface area contributed by atoms with E-state index in [2.05, 4.69) is 0 Å². The van der Waals surface area contributed by atoms with Crippen molar-refractivity contribution in [2.75, 3.05) is 23.5 Å². The molecule has 3 rings (SSSR count). The number of rotatable bonds is 4. The van der Waals surface area contributed by atoms with Crippen molar-refractivity contribution < 1.29 is 22.7 Å². The summed E-state index contributed by atoms with van der Waals surface area (Å²) in [6.45, 7) is 1.96. The van der Waals surface area contributed by atoms with Gasteiger partial charge in [0.15, 0.2) is 9.84 Å². The SMILES string of the molecule is Cc1ccc(C(=O)N(C)c2ccc(OC(=O)C3CCS(=O)(=O)C3)cc2)cc1. The summed E-state index contributed by atoms with van der Waals surface area (Å²) < 4.78 is 28.2. The van der Waals surface area contributed by atoms with Gasteiger partial charge in [-0.05, 0) is 49.7 Å². The number of ether oxygens (including phenoxy) is 1. The van der Waals surface area contributed by atoms with E-state index in [0.717, 1.165) is 5.56 Å². The number of esters is 1. The number of hydrogen-bond acceptors (Lipinski definition) is 5. The maximum Gasteiger partial charge on any atom is 0.315 e. The highest BCUT2D eigenvalue weighted by molar-refractivity contribution is 7.91. The van der Waals surface area contributed by atoms with E-state index in [-0.39, 0.29) is 17.4 Å². The third-order valence-electron chi connectivity index (χ3n) is 4.61. The van der Waals surface area contributed by atoms with E-state index in [1.807, 2.05) is 19.1 Å². The maximum absolute atomic E-state index is 12.5. The van der Waals surface area contributed by atoms with Crippen LogP contribution in [0.4, 0.5) is 5.69 Å². The van der Waals surface area contributed by atoms with Gasteiger partial charge in [-0.3, -0.25) is 9.59 Å². The van der Waals surface area contributed by atoms with Gasteiger partial charge in [0.2, 0.25) is 0 Å². The number of sulfone groups is 1. The maximum atomic E-state index is 12.5. The van der Waals surface area contributed by atoms with Gasteiger partial charge in [0.25, 0.3) is 5.91 Å². The van der Waals surface area contributed by atoms with E-state index in [0.29, 0.717) is 23.4 Å². The summed E-state index contributed by atoms with van der Waals surface area (Å²) in [4.78, 5) is 26.1. The molecule has 1 saturated heterocycles. The predicted molar refractivity (Wildman–Crippen MR) is 103 cm³/mol. The van der Waals surface area contributed by atoms with Gasteiger partial charge in [0.05, 0.1) is 17.4 Å². The standard InChI is InChI=1S/C20H21NO5S/c1-14-3-5-15(6-4-14)19(22)21(2)17-7-9-18(10-8-17)26-20(23)16-11-12-27(24,25)13-16/h3-10,16H,11-13H2,1-2H3.